The molecule has 4 nitrogen and oxygen atoms in total. The number of thiazole rings is 1. The smallest absolute Gasteiger partial charge is 0.110 e. The van der Waals surface area contributed by atoms with Gasteiger partial charge in [0.1, 0.15) is 5.82 Å². The van der Waals surface area contributed by atoms with Crippen LogP contribution in [0.25, 0.3) is 0 Å². The molecular weight excluding hydrogens is 268 g/mol. The zero-order chi connectivity index (χ0) is 14.4. The highest BCUT2D eigenvalue weighted by molar-refractivity contribution is 7.11. The van der Waals surface area contributed by atoms with E-state index in [-0.39, 0.29) is 0 Å². The molecule has 2 heterocycles. The molecule has 0 aliphatic heterocycles. The highest BCUT2D eigenvalue weighted by Gasteiger charge is 2.16. The summed E-state index contributed by atoms with van der Waals surface area (Å²) in [7, 11) is 0. The molecule has 0 radical (unpaired) electrons. The largest absolute Gasteiger partial charge is 0.335 e. The summed E-state index contributed by atoms with van der Waals surface area (Å²) in [6, 6.07) is 0.319. The molecule has 0 fully saturated rings. The molecule has 0 amide bonds. The van der Waals surface area contributed by atoms with Crippen LogP contribution in [0.5, 0.6) is 0 Å². The van der Waals surface area contributed by atoms with Crippen LogP contribution in [0.15, 0.2) is 18.6 Å². The Morgan fingerprint density at radius 2 is 2.15 bits per heavy atom. The maximum Gasteiger partial charge on any atom is 0.110 e. The first kappa shape index (κ1) is 15.2. The molecule has 0 saturated heterocycles. The molecule has 2 aromatic heterocycles. The fourth-order valence-corrected chi connectivity index (χ4v) is 3.15. The average Bonchev–Trinajstić information content (AvgIpc) is 3.04. The molecule has 0 spiro atoms. The quantitative estimate of drug-likeness (QED) is 0.811. The van der Waals surface area contributed by atoms with E-state index in [0.717, 1.165) is 43.2 Å². The molecule has 1 unspecified atom stereocenters. The molecular formula is C15H24N4S. The van der Waals surface area contributed by atoms with Crippen molar-refractivity contribution >= 4 is 11.3 Å². The summed E-state index contributed by atoms with van der Waals surface area (Å²) in [4.78, 5) is 10.2. The minimum Gasteiger partial charge on any atom is -0.335 e. The van der Waals surface area contributed by atoms with Crippen LogP contribution in [0.3, 0.4) is 0 Å². The topological polar surface area (TPSA) is 42.7 Å². The Morgan fingerprint density at radius 3 is 2.80 bits per heavy atom. The third kappa shape index (κ3) is 3.90. The van der Waals surface area contributed by atoms with Gasteiger partial charge in [0.25, 0.3) is 0 Å². The number of nitrogens with zero attached hydrogens (tertiary/aromatic N) is 3. The first-order valence-corrected chi connectivity index (χ1v) is 8.22. The molecule has 110 valence electrons. The Morgan fingerprint density at radius 1 is 1.30 bits per heavy atom. The number of hydrogen-bond acceptors (Lipinski definition) is 4. The van der Waals surface area contributed by atoms with Crippen LogP contribution in [-0.4, -0.2) is 21.1 Å². The lowest BCUT2D eigenvalue weighted by atomic mass is 10.1. The monoisotopic (exact) mass is 292 g/mol. The molecule has 0 saturated carbocycles. The van der Waals surface area contributed by atoms with E-state index in [4.69, 9.17) is 0 Å². The van der Waals surface area contributed by atoms with Crippen LogP contribution in [0.4, 0.5) is 0 Å². The van der Waals surface area contributed by atoms with Gasteiger partial charge in [0.15, 0.2) is 0 Å². The van der Waals surface area contributed by atoms with Crippen LogP contribution in [0.1, 0.15) is 48.4 Å². The van der Waals surface area contributed by atoms with E-state index in [9.17, 15) is 0 Å². The van der Waals surface area contributed by atoms with Gasteiger partial charge in [-0.05, 0) is 26.3 Å². The van der Waals surface area contributed by atoms with Crippen molar-refractivity contribution in [3.8, 4) is 0 Å². The Hall–Kier alpha value is -1.20. The SMILES string of the molecule is CCCNC(Cc1nccn1CCC)c1cnc(C)s1. The van der Waals surface area contributed by atoms with Crippen molar-refractivity contribution in [3.05, 3.63) is 34.3 Å². The Balaban J connectivity index is 2.12. The molecule has 1 atom stereocenters. The van der Waals surface area contributed by atoms with Crippen molar-refractivity contribution in [1.82, 2.24) is 19.9 Å². The zero-order valence-corrected chi connectivity index (χ0v) is 13.4. The summed E-state index contributed by atoms with van der Waals surface area (Å²) in [6.45, 7) is 8.51. The number of hydrogen-bond donors (Lipinski definition) is 1. The summed E-state index contributed by atoms with van der Waals surface area (Å²) >= 11 is 1.78. The van der Waals surface area contributed by atoms with Gasteiger partial charge in [0.05, 0.1) is 11.0 Å². The third-order valence-electron chi connectivity index (χ3n) is 3.28. The predicted octanol–water partition coefficient (Wildman–Crippen LogP) is 3.34. The van der Waals surface area contributed by atoms with E-state index >= 15 is 0 Å². The number of nitrogens with one attached hydrogen (secondary N) is 1. The predicted molar refractivity (Wildman–Crippen MR) is 84.1 cm³/mol. The number of aryl methyl sites for hydroxylation is 2. The fourth-order valence-electron chi connectivity index (χ4n) is 2.29. The van der Waals surface area contributed by atoms with Crippen LogP contribution in [0, 0.1) is 6.92 Å². The molecule has 0 aliphatic carbocycles. The van der Waals surface area contributed by atoms with Gasteiger partial charge in [0, 0.05) is 36.4 Å². The zero-order valence-electron chi connectivity index (χ0n) is 12.6. The van der Waals surface area contributed by atoms with Crippen molar-refractivity contribution in [2.75, 3.05) is 6.54 Å². The molecule has 20 heavy (non-hydrogen) atoms. The molecule has 0 aromatic carbocycles. The molecule has 0 bridgehead atoms. The van der Waals surface area contributed by atoms with Crippen LogP contribution in [-0.2, 0) is 13.0 Å². The van der Waals surface area contributed by atoms with Gasteiger partial charge < -0.3 is 9.88 Å². The minimum atomic E-state index is 0.319. The molecule has 5 heteroatoms. The van der Waals surface area contributed by atoms with Gasteiger partial charge in [0.2, 0.25) is 0 Å². The van der Waals surface area contributed by atoms with E-state index in [1.54, 1.807) is 11.3 Å². The minimum absolute atomic E-state index is 0.319. The van der Waals surface area contributed by atoms with Gasteiger partial charge in [-0.15, -0.1) is 11.3 Å². The normalized spacial score (nSPS) is 12.8. The molecule has 2 rings (SSSR count). The molecule has 0 aliphatic rings. The molecule has 2 aromatic rings. The van der Waals surface area contributed by atoms with Crippen molar-refractivity contribution in [3.63, 3.8) is 0 Å². The Labute approximate surface area is 125 Å². The van der Waals surface area contributed by atoms with Crippen molar-refractivity contribution in [1.29, 1.82) is 0 Å². The highest BCUT2D eigenvalue weighted by atomic mass is 32.1. The Bertz CT molecular complexity index is 517. The van der Waals surface area contributed by atoms with Crippen molar-refractivity contribution < 1.29 is 0 Å². The second-order valence-electron chi connectivity index (χ2n) is 5.03. The van der Waals surface area contributed by atoms with E-state index in [1.165, 1.54) is 4.88 Å². The first-order valence-electron chi connectivity index (χ1n) is 7.40. The lowest BCUT2D eigenvalue weighted by Gasteiger charge is -2.17. The van der Waals surface area contributed by atoms with Gasteiger partial charge in [-0.3, -0.25) is 0 Å². The maximum absolute atomic E-state index is 4.52. The lowest BCUT2D eigenvalue weighted by molar-refractivity contribution is 0.507. The average molecular weight is 292 g/mol. The van der Waals surface area contributed by atoms with Crippen LogP contribution < -0.4 is 5.32 Å². The second-order valence-corrected chi connectivity index (χ2v) is 6.30. The van der Waals surface area contributed by atoms with E-state index < -0.39 is 0 Å². The summed E-state index contributed by atoms with van der Waals surface area (Å²) < 4.78 is 2.26. The number of imidazole rings is 1. The van der Waals surface area contributed by atoms with Crippen molar-refractivity contribution in [2.24, 2.45) is 0 Å². The standard InChI is InChI=1S/C15H24N4S/c1-4-6-16-13(14-11-18-12(3)20-14)10-15-17-7-9-19(15)8-5-2/h7,9,11,13,16H,4-6,8,10H2,1-3H3. The number of rotatable bonds is 8. The van der Waals surface area contributed by atoms with E-state index in [2.05, 4.69) is 46.8 Å². The van der Waals surface area contributed by atoms with Gasteiger partial charge in [-0.1, -0.05) is 13.8 Å². The summed E-state index contributed by atoms with van der Waals surface area (Å²) in [5.74, 6) is 1.16. The van der Waals surface area contributed by atoms with Gasteiger partial charge in [-0.25, -0.2) is 9.97 Å². The summed E-state index contributed by atoms with van der Waals surface area (Å²) in [6.07, 6.45) is 9.18. The van der Waals surface area contributed by atoms with Gasteiger partial charge >= 0.3 is 0 Å². The van der Waals surface area contributed by atoms with Crippen LogP contribution >= 0.6 is 11.3 Å². The van der Waals surface area contributed by atoms with E-state index in [1.807, 2.05) is 12.4 Å². The lowest BCUT2D eigenvalue weighted by Crippen LogP contribution is -2.24. The Kier molecular flexibility index (Phi) is 5.73. The van der Waals surface area contributed by atoms with E-state index in [0.29, 0.717) is 6.04 Å². The first-order chi connectivity index (χ1) is 9.74. The highest BCUT2D eigenvalue weighted by Crippen LogP contribution is 2.23. The third-order valence-corrected chi connectivity index (χ3v) is 4.30. The fraction of sp³-hybridized carbons (Fsp3) is 0.600. The second kappa shape index (κ2) is 7.55. The maximum atomic E-state index is 4.52. The van der Waals surface area contributed by atoms with Crippen LogP contribution in [0.2, 0.25) is 0 Å². The summed E-state index contributed by atoms with van der Waals surface area (Å²) in [5.41, 5.74) is 0. The number of aromatic nitrogens is 3. The van der Waals surface area contributed by atoms with Crippen molar-refractivity contribution in [2.45, 2.75) is 52.6 Å². The summed E-state index contributed by atoms with van der Waals surface area (Å²) in [5, 5.41) is 4.75. The molecule has 1 N–H and O–H groups in total. The van der Waals surface area contributed by atoms with Gasteiger partial charge in [-0.2, -0.15) is 0 Å².